The van der Waals surface area contributed by atoms with Gasteiger partial charge in [0.25, 0.3) is 5.91 Å². The van der Waals surface area contributed by atoms with Crippen molar-refractivity contribution in [3.63, 3.8) is 0 Å². The van der Waals surface area contributed by atoms with E-state index in [1.807, 2.05) is 6.07 Å². The van der Waals surface area contributed by atoms with Crippen LogP contribution in [-0.2, 0) is 9.59 Å². The summed E-state index contributed by atoms with van der Waals surface area (Å²) >= 11 is 0. The monoisotopic (exact) mass is 255 g/mol. The number of aliphatic carboxylic acids is 1. The fourth-order valence-electron chi connectivity index (χ4n) is 1.31. The summed E-state index contributed by atoms with van der Waals surface area (Å²) in [6.07, 6.45) is 0. The Bertz CT molecular complexity index is 509. The van der Waals surface area contributed by atoms with Crippen LogP contribution in [0.2, 0.25) is 0 Å². The number of hydrogen-bond acceptors (Lipinski definition) is 5. The first-order valence-corrected chi connectivity index (χ1v) is 4.70. The van der Waals surface area contributed by atoms with Gasteiger partial charge in [-0.1, -0.05) is 6.07 Å². The van der Waals surface area contributed by atoms with Crippen LogP contribution in [0.15, 0.2) is 18.2 Å². The van der Waals surface area contributed by atoms with Crippen LogP contribution in [0, 0.1) is 11.3 Å². The minimum Gasteiger partial charge on any atom is -0.540 e. The Morgan fingerprint density at radius 3 is 2.44 bits per heavy atom. The van der Waals surface area contributed by atoms with Gasteiger partial charge in [-0.25, -0.2) is 0 Å². The second kappa shape index (κ2) is 7.01. The molecule has 18 heavy (non-hydrogen) atoms. The Balaban J connectivity index is 0.00000289. The zero-order chi connectivity index (χ0) is 13.0. The van der Waals surface area contributed by atoms with E-state index in [1.54, 1.807) is 31.1 Å². The first kappa shape index (κ1) is 16.4. The molecular formula is C11H10N3NaO3. The number of hydrogen-bond donors (Lipinski definition) is 1. The van der Waals surface area contributed by atoms with E-state index in [9.17, 15) is 14.7 Å². The van der Waals surface area contributed by atoms with Gasteiger partial charge in [-0.3, -0.25) is 4.79 Å². The molecular weight excluding hydrogens is 245 g/mol. The van der Waals surface area contributed by atoms with Crippen LogP contribution in [0.5, 0.6) is 0 Å². The molecule has 1 N–H and O–H groups in total. The van der Waals surface area contributed by atoms with E-state index in [0.29, 0.717) is 5.69 Å². The van der Waals surface area contributed by atoms with Gasteiger partial charge < -0.3 is 20.1 Å². The van der Waals surface area contributed by atoms with E-state index < -0.39 is 11.9 Å². The third kappa shape index (κ3) is 3.74. The summed E-state index contributed by atoms with van der Waals surface area (Å²) in [6.45, 7) is 0. The van der Waals surface area contributed by atoms with Crippen molar-refractivity contribution in [3.05, 3.63) is 23.8 Å². The Morgan fingerprint density at radius 2 is 2.00 bits per heavy atom. The number of nitrogens with one attached hydrogen (secondary N) is 1. The summed E-state index contributed by atoms with van der Waals surface area (Å²) in [7, 11) is 3.47. The van der Waals surface area contributed by atoms with Crippen molar-refractivity contribution < 1.29 is 44.3 Å². The molecule has 1 aromatic rings. The smallest absolute Gasteiger partial charge is 0.540 e. The van der Waals surface area contributed by atoms with Gasteiger partial charge in [-0.2, -0.15) is 5.26 Å². The van der Waals surface area contributed by atoms with Gasteiger partial charge in [-0.15, -0.1) is 0 Å². The second-order valence-electron chi connectivity index (χ2n) is 3.45. The number of nitriles is 1. The molecule has 0 radical (unpaired) electrons. The molecule has 1 aromatic carbocycles. The minimum absolute atomic E-state index is 0. The standard InChI is InChI=1S/C11H11N3O3.Na/c1-14(2)9-5-3-4-8(7(9)6-12)13-10(15)11(16)17;/h3-5H,1-2H3,(H,13,15)(H,16,17);/q;+1/p-1. The van der Waals surface area contributed by atoms with Crippen molar-refractivity contribution in [1.82, 2.24) is 0 Å². The molecule has 1 amide bonds. The molecule has 0 bridgehead atoms. The third-order valence-electron chi connectivity index (χ3n) is 2.07. The van der Waals surface area contributed by atoms with Crippen molar-refractivity contribution >= 4 is 23.3 Å². The Hall–Kier alpha value is -1.55. The molecule has 0 aliphatic carbocycles. The first-order chi connectivity index (χ1) is 7.97. The van der Waals surface area contributed by atoms with Crippen LogP contribution in [-0.4, -0.2) is 26.0 Å². The molecule has 1 rings (SSSR count). The number of benzene rings is 1. The number of rotatable bonds is 2. The normalized spacial score (nSPS) is 8.72. The molecule has 0 spiro atoms. The maximum Gasteiger partial charge on any atom is 1.00 e. The number of amides is 1. The van der Waals surface area contributed by atoms with Gasteiger partial charge in [0.15, 0.2) is 0 Å². The van der Waals surface area contributed by atoms with E-state index in [-0.39, 0.29) is 40.8 Å². The number of carbonyl (C=O) groups is 2. The van der Waals surface area contributed by atoms with Gasteiger partial charge in [0.2, 0.25) is 0 Å². The number of carboxylic acid groups (broad SMARTS) is 1. The zero-order valence-electron chi connectivity index (χ0n) is 10.4. The molecule has 0 aliphatic heterocycles. The fourth-order valence-corrected chi connectivity index (χ4v) is 1.31. The average molecular weight is 255 g/mol. The maximum atomic E-state index is 11.0. The quantitative estimate of drug-likeness (QED) is 0.433. The second-order valence-corrected chi connectivity index (χ2v) is 3.45. The van der Waals surface area contributed by atoms with Crippen LogP contribution < -0.4 is 44.9 Å². The van der Waals surface area contributed by atoms with Gasteiger partial charge in [-0.05, 0) is 12.1 Å². The zero-order valence-corrected chi connectivity index (χ0v) is 12.4. The SMILES string of the molecule is CN(C)c1cccc(NC(=O)C(=O)[O-])c1C#N.[Na+]. The summed E-state index contributed by atoms with van der Waals surface area (Å²) in [5.74, 6) is -3.12. The Morgan fingerprint density at radius 1 is 1.39 bits per heavy atom. The molecule has 0 heterocycles. The average Bonchev–Trinajstić information content (AvgIpc) is 2.28. The van der Waals surface area contributed by atoms with Crippen molar-refractivity contribution in [1.29, 1.82) is 5.26 Å². The van der Waals surface area contributed by atoms with Crippen molar-refractivity contribution in [2.75, 3.05) is 24.3 Å². The van der Waals surface area contributed by atoms with Gasteiger partial charge in [0.05, 0.1) is 16.9 Å². The van der Waals surface area contributed by atoms with E-state index in [4.69, 9.17) is 5.26 Å². The summed E-state index contributed by atoms with van der Waals surface area (Å²) in [5, 5.41) is 21.4. The van der Waals surface area contributed by atoms with Crippen molar-refractivity contribution in [2.45, 2.75) is 0 Å². The first-order valence-electron chi connectivity index (χ1n) is 4.70. The molecule has 0 aliphatic rings. The van der Waals surface area contributed by atoms with Gasteiger partial charge >= 0.3 is 29.6 Å². The molecule has 88 valence electrons. The van der Waals surface area contributed by atoms with Crippen molar-refractivity contribution in [2.24, 2.45) is 0 Å². The molecule has 6 nitrogen and oxygen atoms in total. The van der Waals surface area contributed by atoms with Crippen LogP contribution in [0.4, 0.5) is 11.4 Å². The van der Waals surface area contributed by atoms with Crippen LogP contribution in [0.3, 0.4) is 0 Å². The predicted octanol–water partition coefficient (Wildman–Crippen LogP) is -3.68. The van der Waals surface area contributed by atoms with E-state index in [0.717, 1.165) is 0 Å². The van der Waals surface area contributed by atoms with Crippen LogP contribution in [0.25, 0.3) is 0 Å². The summed E-state index contributed by atoms with van der Waals surface area (Å²) in [6, 6.07) is 6.67. The largest absolute Gasteiger partial charge is 1.00 e. The molecule has 0 saturated heterocycles. The van der Waals surface area contributed by atoms with Crippen LogP contribution >= 0.6 is 0 Å². The Labute approximate surface area is 126 Å². The van der Waals surface area contributed by atoms with E-state index in [1.165, 1.54) is 6.07 Å². The van der Waals surface area contributed by atoms with E-state index >= 15 is 0 Å². The minimum atomic E-state index is -1.84. The summed E-state index contributed by atoms with van der Waals surface area (Å²) in [5.41, 5.74) is 0.934. The number of anilines is 2. The fraction of sp³-hybridized carbons (Fsp3) is 0.182. The van der Waals surface area contributed by atoms with Gasteiger partial charge in [0.1, 0.15) is 12.0 Å². The molecule has 0 saturated carbocycles. The summed E-state index contributed by atoms with van der Waals surface area (Å²) < 4.78 is 0. The van der Waals surface area contributed by atoms with Crippen molar-refractivity contribution in [3.8, 4) is 6.07 Å². The van der Waals surface area contributed by atoms with Crippen LogP contribution in [0.1, 0.15) is 5.56 Å². The molecule has 0 atom stereocenters. The maximum absolute atomic E-state index is 11.0. The van der Waals surface area contributed by atoms with E-state index in [2.05, 4.69) is 5.32 Å². The number of carboxylic acids is 1. The number of nitrogens with zero attached hydrogens (tertiary/aromatic N) is 2. The molecule has 0 unspecified atom stereocenters. The van der Waals surface area contributed by atoms with Gasteiger partial charge in [0, 0.05) is 14.1 Å². The number of carbonyl (C=O) groups excluding carboxylic acids is 2. The Kier molecular flexibility index (Phi) is 6.41. The topological polar surface area (TPSA) is 96.3 Å². The molecule has 7 heteroatoms. The molecule has 0 fully saturated rings. The molecule has 0 aromatic heterocycles. The summed E-state index contributed by atoms with van der Waals surface area (Å²) in [4.78, 5) is 23.0. The third-order valence-corrected chi connectivity index (χ3v) is 2.07. The predicted molar refractivity (Wildman–Crippen MR) is 59.1 cm³/mol.